The number of hydrogen-bond donors (Lipinski definition) is 1. The van der Waals surface area contributed by atoms with E-state index in [-0.39, 0.29) is 36.8 Å². The van der Waals surface area contributed by atoms with Crippen molar-refractivity contribution in [2.45, 2.75) is 68.7 Å². The number of aliphatic hydroxyl groups is 1. The monoisotopic (exact) mass is 649 g/mol. The fraction of sp³-hybridized carbons (Fsp3) is 0.472. The Morgan fingerprint density at radius 1 is 1.09 bits per heavy atom. The van der Waals surface area contributed by atoms with Crippen LogP contribution >= 0.6 is 23.4 Å². The molecular weight excluding hydrogens is 606 g/mol. The van der Waals surface area contributed by atoms with Gasteiger partial charge in [0.2, 0.25) is 11.8 Å². The maximum Gasteiger partial charge on any atom is 0.251 e. The number of para-hydroxylation sites is 1. The quantitative estimate of drug-likeness (QED) is 0.291. The highest BCUT2D eigenvalue weighted by molar-refractivity contribution is 8.02. The fourth-order valence-electron chi connectivity index (χ4n) is 7.92. The lowest BCUT2D eigenvalue weighted by atomic mass is 9.66. The van der Waals surface area contributed by atoms with Gasteiger partial charge in [0.05, 0.1) is 39.9 Å². The summed E-state index contributed by atoms with van der Waals surface area (Å²) in [5, 5.41) is 11.1. The van der Waals surface area contributed by atoms with E-state index in [1.807, 2.05) is 63.2 Å². The maximum absolute atomic E-state index is 15.0. The summed E-state index contributed by atoms with van der Waals surface area (Å²) in [6, 6.07) is 13.8. The molecule has 3 aliphatic heterocycles. The van der Waals surface area contributed by atoms with Crippen LogP contribution in [0.15, 0.2) is 73.8 Å². The largest absolute Gasteiger partial charge is 0.394 e. The first-order chi connectivity index (χ1) is 21.5. The molecule has 5 rings (SSSR count). The average molecular weight is 650 g/mol. The molecule has 1 N–H and O–H groups in total. The average Bonchev–Trinajstić information content (AvgIpc) is 3.57. The number of anilines is 1. The number of rotatable bonds is 12. The van der Waals surface area contributed by atoms with Crippen LogP contribution in [-0.4, -0.2) is 73.9 Å². The highest BCUT2D eigenvalue weighted by Gasteiger charge is 2.78. The second-order valence-electron chi connectivity index (χ2n) is 13.1. The molecule has 0 aliphatic carbocycles. The van der Waals surface area contributed by atoms with Crippen molar-refractivity contribution in [2.24, 2.45) is 17.8 Å². The van der Waals surface area contributed by atoms with Crippen LogP contribution in [0.25, 0.3) is 0 Å². The molecule has 6 atom stereocenters. The number of carbonyl (C=O) groups is 3. The molecule has 240 valence electrons. The SMILES string of the molecule is C=CCN(Cc1ccccc1)C(=O)[C@H]1[C@H]2C(=O)N([C@@H](CO)C(C)C)C(C(=O)N(CC=C)c3c(C)cccc3Cl)C23CC[C@]1(C)S3. The number of aliphatic hydroxyl groups excluding tert-OH is 1. The van der Waals surface area contributed by atoms with Gasteiger partial charge in [0, 0.05) is 24.4 Å². The van der Waals surface area contributed by atoms with Crippen LogP contribution in [-0.2, 0) is 20.9 Å². The smallest absolute Gasteiger partial charge is 0.251 e. The molecule has 45 heavy (non-hydrogen) atoms. The van der Waals surface area contributed by atoms with Crippen molar-refractivity contribution in [1.29, 1.82) is 0 Å². The number of carbonyl (C=O) groups excluding carboxylic acids is 3. The lowest BCUT2D eigenvalue weighted by molar-refractivity contribution is -0.147. The number of nitrogens with zero attached hydrogens (tertiary/aromatic N) is 3. The van der Waals surface area contributed by atoms with Gasteiger partial charge in [-0.1, -0.05) is 80.1 Å². The predicted octanol–water partition coefficient (Wildman–Crippen LogP) is 5.88. The molecule has 3 fully saturated rings. The zero-order valence-corrected chi connectivity index (χ0v) is 28.2. The Morgan fingerprint density at radius 2 is 1.78 bits per heavy atom. The Kier molecular flexibility index (Phi) is 9.60. The van der Waals surface area contributed by atoms with Crippen molar-refractivity contribution < 1.29 is 19.5 Å². The third kappa shape index (κ3) is 5.53. The third-order valence-corrected chi connectivity index (χ3v) is 12.2. The minimum absolute atomic E-state index is 0.100. The molecule has 1 spiro atoms. The Morgan fingerprint density at radius 3 is 2.38 bits per heavy atom. The molecule has 2 unspecified atom stereocenters. The van der Waals surface area contributed by atoms with Gasteiger partial charge in [0.1, 0.15) is 6.04 Å². The van der Waals surface area contributed by atoms with Crippen molar-refractivity contribution in [2.75, 3.05) is 24.6 Å². The molecular formula is C36H44ClN3O4S. The molecule has 0 saturated carbocycles. The van der Waals surface area contributed by atoms with Gasteiger partial charge in [-0.15, -0.1) is 24.9 Å². The molecule has 3 saturated heterocycles. The second-order valence-corrected chi connectivity index (χ2v) is 15.4. The highest BCUT2D eigenvalue weighted by atomic mass is 35.5. The summed E-state index contributed by atoms with van der Waals surface area (Å²) in [5.74, 6) is -2.06. The van der Waals surface area contributed by atoms with Crippen molar-refractivity contribution in [3.05, 3.63) is 90.0 Å². The Hall–Kier alpha value is -3.07. The zero-order chi connectivity index (χ0) is 32.7. The molecule has 3 amide bonds. The standard InChI is InChI=1S/C36H44ClN3O4S/c1-7-19-38(21-25-14-10-9-11-15-25)32(42)28-29-33(43)40(27(22-41)23(3)4)31(36(29)18-17-35(28,6)45-36)34(44)39(20-8-2)30-24(5)13-12-16-26(30)37/h7-16,23,27-29,31,41H,1-2,17-22H2,3-6H3/t27-,28+,29-,31?,35-,36?/m0/s1. The summed E-state index contributed by atoms with van der Waals surface area (Å²) >= 11 is 8.34. The van der Waals surface area contributed by atoms with E-state index < -0.39 is 33.4 Å². The van der Waals surface area contributed by atoms with Gasteiger partial charge in [0.25, 0.3) is 5.91 Å². The van der Waals surface area contributed by atoms with Crippen LogP contribution in [0.2, 0.25) is 5.02 Å². The predicted molar refractivity (Wildman–Crippen MR) is 182 cm³/mol. The van der Waals surface area contributed by atoms with Crippen LogP contribution in [0, 0.1) is 24.7 Å². The van der Waals surface area contributed by atoms with Crippen molar-refractivity contribution in [3.63, 3.8) is 0 Å². The maximum atomic E-state index is 15.0. The summed E-state index contributed by atoms with van der Waals surface area (Å²) in [7, 11) is 0. The van der Waals surface area contributed by atoms with Gasteiger partial charge >= 0.3 is 0 Å². The number of likely N-dealkylation sites (tertiary alicyclic amines) is 1. The first-order valence-electron chi connectivity index (χ1n) is 15.7. The van der Waals surface area contributed by atoms with Crippen LogP contribution in [0.4, 0.5) is 5.69 Å². The summed E-state index contributed by atoms with van der Waals surface area (Å²) < 4.78 is -1.37. The molecule has 3 heterocycles. The number of fused-ring (bicyclic) bond motifs is 1. The van der Waals surface area contributed by atoms with E-state index in [0.717, 1.165) is 11.1 Å². The molecule has 7 nitrogen and oxygen atoms in total. The van der Waals surface area contributed by atoms with Crippen LogP contribution in [0.3, 0.4) is 0 Å². The molecule has 3 aliphatic rings. The van der Waals surface area contributed by atoms with E-state index in [1.165, 1.54) is 0 Å². The van der Waals surface area contributed by atoms with E-state index in [4.69, 9.17) is 11.6 Å². The minimum Gasteiger partial charge on any atom is -0.394 e. The zero-order valence-electron chi connectivity index (χ0n) is 26.6. The van der Waals surface area contributed by atoms with E-state index in [2.05, 4.69) is 20.1 Å². The van der Waals surface area contributed by atoms with Gasteiger partial charge in [0.15, 0.2) is 0 Å². The molecule has 2 aromatic carbocycles. The van der Waals surface area contributed by atoms with Crippen LogP contribution < -0.4 is 4.90 Å². The molecule has 9 heteroatoms. The fourth-order valence-corrected chi connectivity index (χ4v) is 10.6. The van der Waals surface area contributed by atoms with Gasteiger partial charge in [-0.05, 0) is 49.8 Å². The van der Waals surface area contributed by atoms with E-state index in [9.17, 15) is 14.7 Å². The van der Waals surface area contributed by atoms with E-state index in [0.29, 0.717) is 36.6 Å². The van der Waals surface area contributed by atoms with Gasteiger partial charge in [-0.2, -0.15) is 0 Å². The topological polar surface area (TPSA) is 81.2 Å². The molecule has 2 aromatic rings. The lowest BCUT2D eigenvalue weighted by Gasteiger charge is -2.41. The van der Waals surface area contributed by atoms with E-state index in [1.54, 1.807) is 44.7 Å². The third-order valence-electron chi connectivity index (χ3n) is 9.94. The normalized spacial score (nSPS) is 27.4. The van der Waals surface area contributed by atoms with Crippen LogP contribution in [0.1, 0.15) is 44.7 Å². The number of thioether (sulfide) groups is 1. The molecule has 0 radical (unpaired) electrons. The second kappa shape index (κ2) is 13.0. The number of amides is 3. The number of benzene rings is 2. The van der Waals surface area contributed by atoms with E-state index >= 15 is 4.79 Å². The molecule has 2 bridgehead atoms. The lowest BCUT2D eigenvalue weighted by Crippen LogP contribution is -2.58. The number of halogens is 1. The highest BCUT2D eigenvalue weighted by Crippen LogP contribution is 2.72. The Balaban J connectivity index is 1.63. The van der Waals surface area contributed by atoms with Crippen molar-refractivity contribution in [1.82, 2.24) is 9.80 Å². The first-order valence-corrected chi connectivity index (χ1v) is 16.9. The summed E-state index contributed by atoms with van der Waals surface area (Å²) in [4.78, 5) is 49.6. The van der Waals surface area contributed by atoms with Gasteiger partial charge in [-0.3, -0.25) is 14.4 Å². The summed E-state index contributed by atoms with van der Waals surface area (Å²) in [5.41, 5.74) is 2.40. The summed E-state index contributed by atoms with van der Waals surface area (Å²) in [6.45, 7) is 16.3. The minimum atomic E-state index is -0.892. The Bertz CT molecular complexity index is 1460. The van der Waals surface area contributed by atoms with Gasteiger partial charge in [-0.25, -0.2) is 0 Å². The van der Waals surface area contributed by atoms with Crippen molar-refractivity contribution >= 4 is 46.8 Å². The number of hydrogen-bond acceptors (Lipinski definition) is 5. The Labute approximate surface area is 276 Å². The van der Waals surface area contributed by atoms with Crippen LogP contribution in [0.5, 0.6) is 0 Å². The van der Waals surface area contributed by atoms with Crippen molar-refractivity contribution in [3.8, 4) is 0 Å². The number of aryl methyl sites for hydroxylation is 1. The summed E-state index contributed by atoms with van der Waals surface area (Å²) in [6.07, 6.45) is 4.68. The van der Waals surface area contributed by atoms with Gasteiger partial charge < -0.3 is 19.8 Å². The molecule has 0 aromatic heterocycles. The first kappa shape index (κ1) is 33.3.